The summed E-state index contributed by atoms with van der Waals surface area (Å²) in [5.74, 6) is -0.0128. The first kappa shape index (κ1) is 20.1. The van der Waals surface area contributed by atoms with Crippen molar-refractivity contribution in [1.29, 1.82) is 0 Å². The fourth-order valence-corrected chi connectivity index (χ4v) is 2.70. The van der Waals surface area contributed by atoms with Crippen LogP contribution >= 0.6 is 0 Å². The van der Waals surface area contributed by atoms with Crippen LogP contribution in [-0.2, 0) is 9.53 Å². The van der Waals surface area contributed by atoms with Gasteiger partial charge in [0.15, 0.2) is 5.96 Å². The van der Waals surface area contributed by atoms with Crippen LogP contribution in [0.15, 0.2) is 29.3 Å². The van der Waals surface area contributed by atoms with E-state index in [1.54, 1.807) is 7.05 Å². The van der Waals surface area contributed by atoms with Crippen molar-refractivity contribution in [2.24, 2.45) is 4.99 Å². The Morgan fingerprint density at radius 2 is 1.88 bits per heavy atom. The molecular weight excluding hydrogens is 337 g/mol. The number of nitrogens with one attached hydrogen (secondary N) is 3. The number of rotatable bonds is 6. The van der Waals surface area contributed by atoms with Crippen molar-refractivity contribution in [3.8, 4) is 0 Å². The fraction of sp³-hybridized carbons (Fsp3) is 0.556. The van der Waals surface area contributed by atoms with E-state index >= 15 is 0 Å². The van der Waals surface area contributed by atoms with Gasteiger partial charge in [-0.1, -0.05) is 0 Å². The average molecular weight is 365 g/mol. The van der Waals surface area contributed by atoms with Crippen LogP contribution < -0.4 is 16.0 Å². The van der Waals surface area contributed by atoms with E-state index in [1.807, 2.05) is 0 Å². The molecule has 0 atom stereocenters. The first-order chi connectivity index (χ1) is 12.4. The maximum Gasteiger partial charge on any atom is 0.243 e. The van der Waals surface area contributed by atoms with Gasteiger partial charge in [-0.25, -0.2) is 4.39 Å². The molecular formula is C18H28FN5O2. The zero-order valence-corrected chi connectivity index (χ0v) is 15.6. The molecule has 0 spiro atoms. The summed E-state index contributed by atoms with van der Waals surface area (Å²) in [5, 5.41) is 8.95. The predicted molar refractivity (Wildman–Crippen MR) is 101 cm³/mol. The second kappa shape index (κ2) is 9.49. The number of guanidine groups is 1. The van der Waals surface area contributed by atoms with Crippen LogP contribution in [0.5, 0.6) is 0 Å². The predicted octanol–water partition coefficient (Wildman–Crippen LogP) is 1.04. The number of carbonyl (C=O) groups is 1. The minimum Gasteiger partial charge on any atom is -0.379 e. The molecule has 0 aliphatic carbocycles. The van der Waals surface area contributed by atoms with E-state index in [0.717, 1.165) is 26.3 Å². The number of morpholine rings is 1. The highest BCUT2D eigenvalue weighted by atomic mass is 19.1. The number of halogens is 1. The summed E-state index contributed by atoms with van der Waals surface area (Å²) in [4.78, 5) is 18.5. The summed E-state index contributed by atoms with van der Waals surface area (Å²) in [6.07, 6.45) is 0. The molecule has 1 saturated heterocycles. The van der Waals surface area contributed by atoms with Crippen LogP contribution in [0.3, 0.4) is 0 Å². The van der Waals surface area contributed by atoms with E-state index in [2.05, 4.69) is 39.7 Å². The third kappa shape index (κ3) is 6.27. The summed E-state index contributed by atoms with van der Waals surface area (Å²) in [6.45, 7) is 8.39. The minimum absolute atomic E-state index is 0.0578. The second-order valence-corrected chi connectivity index (χ2v) is 6.75. The Kier molecular flexibility index (Phi) is 7.35. The van der Waals surface area contributed by atoms with Gasteiger partial charge < -0.3 is 20.7 Å². The van der Waals surface area contributed by atoms with Gasteiger partial charge in [0.05, 0.1) is 19.8 Å². The smallest absolute Gasteiger partial charge is 0.243 e. The Balaban J connectivity index is 1.76. The van der Waals surface area contributed by atoms with E-state index in [1.165, 1.54) is 24.3 Å². The number of hydrogen-bond acceptors (Lipinski definition) is 4. The van der Waals surface area contributed by atoms with Crippen molar-refractivity contribution >= 4 is 17.6 Å². The van der Waals surface area contributed by atoms with E-state index in [9.17, 15) is 9.18 Å². The number of nitrogens with zero attached hydrogens (tertiary/aromatic N) is 2. The lowest BCUT2D eigenvalue weighted by Crippen LogP contribution is -2.56. The molecule has 144 valence electrons. The van der Waals surface area contributed by atoms with Gasteiger partial charge in [-0.3, -0.25) is 14.7 Å². The summed E-state index contributed by atoms with van der Waals surface area (Å²) in [6, 6.07) is 5.64. The highest BCUT2D eigenvalue weighted by Crippen LogP contribution is 2.15. The van der Waals surface area contributed by atoms with Gasteiger partial charge in [-0.2, -0.15) is 0 Å². The summed E-state index contributed by atoms with van der Waals surface area (Å²) < 4.78 is 18.3. The quantitative estimate of drug-likeness (QED) is 0.519. The molecule has 0 aromatic heterocycles. The first-order valence-electron chi connectivity index (χ1n) is 8.73. The first-order valence-corrected chi connectivity index (χ1v) is 8.73. The highest BCUT2D eigenvalue weighted by molar-refractivity contribution is 5.94. The van der Waals surface area contributed by atoms with Crippen LogP contribution in [0, 0.1) is 5.82 Å². The molecule has 0 saturated carbocycles. The van der Waals surface area contributed by atoms with Crippen LogP contribution in [0.4, 0.5) is 10.1 Å². The van der Waals surface area contributed by atoms with Gasteiger partial charge in [0.1, 0.15) is 5.82 Å². The van der Waals surface area contributed by atoms with E-state index in [-0.39, 0.29) is 23.8 Å². The molecule has 1 aromatic rings. The molecule has 1 aliphatic heterocycles. The zero-order valence-electron chi connectivity index (χ0n) is 15.6. The molecule has 26 heavy (non-hydrogen) atoms. The lowest BCUT2D eigenvalue weighted by atomic mass is 10.0. The van der Waals surface area contributed by atoms with Gasteiger partial charge in [0.25, 0.3) is 0 Å². The zero-order chi connectivity index (χ0) is 19.0. The number of aliphatic imine (C=N–C) groups is 1. The maximum atomic E-state index is 12.9. The van der Waals surface area contributed by atoms with E-state index < -0.39 is 0 Å². The number of ether oxygens (including phenoxy) is 1. The van der Waals surface area contributed by atoms with Gasteiger partial charge in [-0.15, -0.1) is 0 Å². The van der Waals surface area contributed by atoms with E-state index in [0.29, 0.717) is 18.2 Å². The van der Waals surface area contributed by atoms with Crippen molar-refractivity contribution in [3.05, 3.63) is 30.1 Å². The molecule has 0 bridgehead atoms. The lowest BCUT2D eigenvalue weighted by molar-refractivity contribution is -0.115. The van der Waals surface area contributed by atoms with Crippen molar-refractivity contribution in [1.82, 2.24) is 15.5 Å². The van der Waals surface area contributed by atoms with Gasteiger partial charge >= 0.3 is 0 Å². The molecule has 1 fully saturated rings. The molecule has 1 amide bonds. The van der Waals surface area contributed by atoms with E-state index in [4.69, 9.17) is 4.74 Å². The third-order valence-corrected chi connectivity index (χ3v) is 4.32. The Morgan fingerprint density at radius 1 is 1.23 bits per heavy atom. The SMILES string of the molecule is CN=C(NCC(=O)Nc1ccc(F)cc1)NCC(C)(C)N1CCOCC1. The molecule has 0 unspecified atom stereocenters. The van der Waals surface area contributed by atoms with Crippen molar-refractivity contribution in [3.63, 3.8) is 0 Å². The molecule has 2 rings (SSSR count). The number of amides is 1. The number of benzene rings is 1. The van der Waals surface area contributed by atoms with Gasteiger partial charge in [0.2, 0.25) is 5.91 Å². The van der Waals surface area contributed by atoms with Crippen LogP contribution in [-0.4, -0.2) is 68.7 Å². The largest absolute Gasteiger partial charge is 0.379 e. The molecule has 0 radical (unpaired) electrons. The molecule has 1 aromatic carbocycles. The lowest BCUT2D eigenvalue weighted by Gasteiger charge is -2.41. The topological polar surface area (TPSA) is 78.0 Å². The monoisotopic (exact) mass is 365 g/mol. The number of hydrogen-bond donors (Lipinski definition) is 3. The second-order valence-electron chi connectivity index (χ2n) is 6.75. The number of anilines is 1. The van der Waals surface area contributed by atoms with Gasteiger partial charge in [-0.05, 0) is 38.1 Å². The van der Waals surface area contributed by atoms with Crippen molar-refractivity contribution in [2.45, 2.75) is 19.4 Å². The minimum atomic E-state index is -0.339. The fourth-order valence-electron chi connectivity index (χ4n) is 2.70. The van der Waals surface area contributed by atoms with Crippen molar-refractivity contribution < 1.29 is 13.9 Å². The highest BCUT2D eigenvalue weighted by Gasteiger charge is 2.28. The molecule has 8 heteroatoms. The Morgan fingerprint density at radius 3 is 2.50 bits per heavy atom. The van der Waals surface area contributed by atoms with Crippen LogP contribution in [0.1, 0.15) is 13.8 Å². The normalized spacial score (nSPS) is 16.2. The summed E-state index contributed by atoms with van der Waals surface area (Å²) in [5.41, 5.74) is 0.493. The maximum absolute atomic E-state index is 12.9. The van der Waals surface area contributed by atoms with Crippen molar-refractivity contribution in [2.75, 3.05) is 51.8 Å². The van der Waals surface area contributed by atoms with Gasteiger partial charge in [0, 0.05) is 37.9 Å². The Labute approximate surface area is 154 Å². The Hall–Kier alpha value is -2.19. The molecule has 7 nitrogen and oxygen atoms in total. The molecule has 1 aliphatic rings. The molecule has 3 N–H and O–H groups in total. The molecule has 1 heterocycles. The number of carbonyl (C=O) groups excluding carboxylic acids is 1. The van der Waals surface area contributed by atoms with Crippen LogP contribution in [0.25, 0.3) is 0 Å². The standard InChI is InChI=1S/C18H28FN5O2/c1-18(2,24-8-10-26-11-9-24)13-22-17(20-3)21-12-16(25)23-15-6-4-14(19)5-7-15/h4-7H,8-13H2,1-3H3,(H,23,25)(H2,20,21,22). The van der Waals surface area contributed by atoms with Crippen LogP contribution in [0.2, 0.25) is 0 Å². The summed E-state index contributed by atoms with van der Waals surface area (Å²) >= 11 is 0. The Bertz CT molecular complexity index is 613. The summed E-state index contributed by atoms with van der Waals surface area (Å²) in [7, 11) is 1.66. The average Bonchev–Trinajstić information content (AvgIpc) is 2.64. The third-order valence-electron chi connectivity index (χ3n) is 4.32.